The van der Waals surface area contributed by atoms with Gasteiger partial charge in [-0.25, -0.2) is 4.39 Å². The van der Waals surface area contributed by atoms with Crippen LogP contribution in [-0.2, 0) is 13.1 Å². The summed E-state index contributed by atoms with van der Waals surface area (Å²) in [6.07, 6.45) is 0. The number of hydrogen-bond donors (Lipinski definition) is 1. The van der Waals surface area contributed by atoms with Gasteiger partial charge in [-0.3, -0.25) is 4.90 Å². The number of hydrogen-bond acceptors (Lipinski definition) is 2. The van der Waals surface area contributed by atoms with Crippen molar-refractivity contribution < 1.29 is 4.39 Å². The number of halogens is 2. The van der Waals surface area contributed by atoms with Crippen LogP contribution in [0.1, 0.15) is 16.7 Å². The van der Waals surface area contributed by atoms with Gasteiger partial charge < -0.3 is 5.73 Å². The lowest BCUT2D eigenvalue weighted by molar-refractivity contribution is 0.313. The normalized spacial score (nSPS) is 10.9. The first kappa shape index (κ1) is 15.9. The summed E-state index contributed by atoms with van der Waals surface area (Å²) in [6.45, 7) is 1.18. The van der Waals surface area contributed by atoms with Crippen molar-refractivity contribution in [2.75, 3.05) is 7.05 Å². The molecule has 0 spiro atoms. The maximum atomic E-state index is 14.3. The van der Waals surface area contributed by atoms with E-state index in [-0.39, 0.29) is 10.8 Å². The summed E-state index contributed by atoms with van der Waals surface area (Å²) >= 11 is 10.7. The molecule has 0 unspecified atom stereocenters. The van der Waals surface area contributed by atoms with Crippen LogP contribution in [0.25, 0.3) is 0 Å². The fourth-order valence-corrected chi connectivity index (χ4v) is 2.42. The molecule has 0 saturated carbocycles. The van der Waals surface area contributed by atoms with Gasteiger partial charge >= 0.3 is 0 Å². The minimum atomic E-state index is -0.340. The number of nitrogens with zero attached hydrogens (tertiary/aromatic N) is 1. The van der Waals surface area contributed by atoms with Crippen LogP contribution in [0, 0.1) is 5.82 Å². The lowest BCUT2D eigenvalue weighted by Gasteiger charge is -2.18. The van der Waals surface area contributed by atoms with Gasteiger partial charge in [-0.1, -0.05) is 48.1 Å². The average Bonchev–Trinajstić information content (AvgIpc) is 2.43. The second-order valence-corrected chi connectivity index (χ2v) is 5.82. The maximum Gasteiger partial charge on any atom is 0.137 e. The van der Waals surface area contributed by atoms with Crippen molar-refractivity contribution in [3.63, 3.8) is 0 Å². The minimum absolute atomic E-state index is 0.0784. The molecular weight excluding hydrogens is 307 g/mol. The first-order valence-electron chi connectivity index (χ1n) is 6.47. The summed E-state index contributed by atoms with van der Waals surface area (Å²) in [5.74, 6) is -0.340. The summed E-state index contributed by atoms with van der Waals surface area (Å²) in [5.41, 5.74) is 7.51. The Balaban J connectivity index is 2.09. The molecule has 2 rings (SSSR count). The standard InChI is InChI=1S/C16H16ClFN2S/c1-20(9-11-5-7-13(17)8-6-11)10-12-3-2-4-14(15(12)18)16(19)21/h2-8H,9-10H2,1H3,(H2,19,21). The van der Waals surface area contributed by atoms with Crippen LogP contribution < -0.4 is 5.73 Å². The quantitative estimate of drug-likeness (QED) is 0.850. The molecule has 21 heavy (non-hydrogen) atoms. The molecule has 0 heterocycles. The molecule has 0 bridgehead atoms. The summed E-state index contributed by atoms with van der Waals surface area (Å²) in [6, 6.07) is 12.7. The molecule has 0 aliphatic heterocycles. The van der Waals surface area contributed by atoms with Gasteiger partial charge in [-0.15, -0.1) is 0 Å². The summed E-state index contributed by atoms with van der Waals surface area (Å²) < 4.78 is 14.3. The second-order valence-electron chi connectivity index (χ2n) is 4.94. The molecule has 110 valence electrons. The number of benzene rings is 2. The predicted molar refractivity (Wildman–Crippen MR) is 88.9 cm³/mol. The van der Waals surface area contributed by atoms with Crippen molar-refractivity contribution in [2.45, 2.75) is 13.1 Å². The molecule has 0 fully saturated rings. The van der Waals surface area contributed by atoms with Crippen LogP contribution in [0.15, 0.2) is 42.5 Å². The zero-order valence-corrected chi connectivity index (χ0v) is 13.2. The Kier molecular flexibility index (Phi) is 5.28. The van der Waals surface area contributed by atoms with Gasteiger partial charge in [0.15, 0.2) is 0 Å². The molecule has 2 aromatic carbocycles. The van der Waals surface area contributed by atoms with Gasteiger partial charge in [-0.2, -0.15) is 0 Å². The van der Waals surface area contributed by atoms with Crippen molar-refractivity contribution in [1.29, 1.82) is 0 Å². The van der Waals surface area contributed by atoms with Gasteiger partial charge in [0, 0.05) is 29.2 Å². The van der Waals surface area contributed by atoms with Crippen molar-refractivity contribution in [2.24, 2.45) is 5.73 Å². The summed E-state index contributed by atoms with van der Waals surface area (Å²) in [5, 5.41) is 0.705. The van der Waals surface area contributed by atoms with Crippen LogP contribution in [-0.4, -0.2) is 16.9 Å². The first-order chi connectivity index (χ1) is 9.97. The number of rotatable bonds is 5. The molecule has 0 aromatic heterocycles. The highest BCUT2D eigenvalue weighted by molar-refractivity contribution is 7.80. The van der Waals surface area contributed by atoms with Gasteiger partial charge in [0.05, 0.1) is 0 Å². The summed E-state index contributed by atoms with van der Waals surface area (Å²) in [4.78, 5) is 2.10. The molecule has 0 amide bonds. The van der Waals surface area contributed by atoms with Crippen LogP contribution in [0.2, 0.25) is 5.02 Å². The molecular formula is C16H16ClFN2S. The van der Waals surface area contributed by atoms with Crippen LogP contribution >= 0.6 is 23.8 Å². The van der Waals surface area contributed by atoms with E-state index in [2.05, 4.69) is 0 Å². The highest BCUT2D eigenvalue weighted by Gasteiger charge is 2.11. The summed E-state index contributed by atoms with van der Waals surface area (Å²) in [7, 11) is 1.93. The molecule has 0 aliphatic rings. The molecule has 0 atom stereocenters. The zero-order chi connectivity index (χ0) is 15.4. The molecule has 5 heteroatoms. The minimum Gasteiger partial charge on any atom is -0.389 e. The molecule has 2 aromatic rings. The lowest BCUT2D eigenvalue weighted by Crippen LogP contribution is -2.19. The zero-order valence-electron chi connectivity index (χ0n) is 11.6. The smallest absolute Gasteiger partial charge is 0.137 e. The number of thiocarbonyl (C=S) groups is 1. The van der Waals surface area contributed by atoms with Gasteiger partial charge in [0.2, 0.25) is 0 Å². The SMILES string of the molecule is CN(Cc1ccc(Cl)cc1)Cc1cccc(C(N)=S)c1F. The monoisotopic (exact) mass is 322 g/mol. The maximum absolute atomic E-state index is 14.3. The fourth-order valence-electron chi connectivity index (χ4n) is 2.14. The first-order valence-corrected chi connectivity index (χ1v) is 7.26. The Labute approximate surface area is 134 Å². The van der Waals surface area contributed by atoms with Gasteiger partial charge in [0.25, 0.3) is 0 Å². The fraction of sp³-hybridized carbons (Fsp3) is 0.188. The Morgan fingerprint density at radius 2 is 1.86 bits per heavy atom. The Morgan fingerprint density at radius 1 is 1.19 bits per heavy atom. The Morgan fingerprint density at radius 3 is 2.48 bits per heavy atom. The predicted octanol–water partition coefficient (Wildman–Crippen LogP) is 3.75. The van der Waals surface area contributed by atoms with E-state index in [0.29, 0.717) is 29.2 Å². The van der Waals surface area contributed by atoms with Crippen LogP contribution in [0.3, 0.4) is 0 Å². The van der Waals surface area contributed by atoms with Crippen molar-refractivity contribution in [3.8, 4) is 0 Å². The van der Waals surface area contributed by atoms with Crippen LogP contribution in [0.4, 0.5) is 4.39 Å². The van der Waals surface area contributed by atoms with E-state index in [1.807, 2.05) is 36.2 Å². The second kappa shape index (κ2) is 6.98. The Hall–Kier alpha value is -1.49. The van der Waals surface area contributed by atoms with E-state index in [9.17, 15) is 4.39 Å². The van der Waals surface area contributed by atoms with Gasteiger partial charge in [-0.05, 0) is 30.8 Å². The van der Waals surface area contributed by atoms with Gasteiger partial charge in [0.1, 0.15) is 10.8 Å². The topological polar surface area (TPSA) is 29.3 Å². The van der Waals surface area contributed by atoms with Crippen molar-refractivity contribution in [3.05, 3.63) is 70.0 Å². The van der Waals surface area contributed by atoms with Crippen molar-refractivity contribution in [1.82, 2.24) is 4.90 Å². The average molecular weight is 323 g/mol. The molecule has 2 N–H and O–H groups in total. The van der Waals surface area contributed by atoms with E-state index in [1.165, 1.54) is 0 Å². The Bertz CT molecular complexity index is 643. The van der Waals surface area contributed by atoms with E-state index in [4.69, 9.17) is 29.6 Å². The third kappa shape index (κ3) is 4.24. The number of nitrogens with two attached hydrogens (primary N) is 1. The molecule has 0 radical (unpaired) electrons. The third-order valence-corrected chi connectivity index (χ3v) is 3.62. The largest absolute Gasteiger partial charge is 0.389 e. The highest BCUT2D eigenvalue weighted by Crippen LogP contribution is 2.16. The molecule has 2 nitrogen and oxygen atoms in total. The van der Waals surface area contributed by atoms with E-state index >= 15 is 0 Å². The van der Waals surface area contributed by atoms with E-state index in [1.54, 1.807) is 18.2 Å². The van der Waals surface area contributed by atoms with Crippen molar-refractivity contribution >= 4 is 28.8 Å². The highest BCUT2D eigenvalue weighted by atomic mass is 35.5. The third-order valence-electron chi connectivity index (χ3n) is 3.15. The van der Waals surface area contributed by atoms with E-state index < -0.39 is 0 Å². The molecule has 0 saturated heterocycles. The molecule has 0 aliphatic carbocycles. The van der Waals surface area contributed by atoms with E-state index in [0.717, 1.165) is 5.56 Å². The van der Waals surface area contributed by atoms with Crippen LogP contribution in [0.5, 0.6) is 0 Å². The lowest BCUT2D eigenvalue weighted by atomic mass is 10.1.